The van der Waals surface area contributed by atoms with Gasteiger partial charge in [-0.2, -0.15) is 13.2 Å². The van der Waals surface area contributed by atoms with Gasteiger partial charge in [0.05, 0.1) is 16.1 Å². The lowest BCUT2D eigenvalue weighted by atomic mass is 9.99. The lowest BCUT2D eigenvalue weighted by Crippen LogP contribution is -2.30. The number of alkyl halides is 3. The molecule has 0 saturated heterocycles. The molecular weight excluding hydrogens is 365 g/mol. The molecular formula is C19H27F3O3S. The van der Waals surface area contributed by atoms with E-state index in [4.69, 9.17) is 0 Å². The summed E-state index contributed by atoms with van der Waals surface area (Å²) in [5, 5.41) is 0. The van der Waals surface area contributed by atoms with Crippen molar-refractivity contribution in [3.05, 3.63) is 34.9 Å². The predicted octanol–water partition coefficient (Wildman–Crippen LogP) is 4.90. The first kappa shape index (κ1) is 22.7. The highest BCUT2D eigenvalue weighted by atomic mass is 32.2. The van der Waals surface area contributed by atoms with Crippen LogP contribution in [0.15, 0.2) is 18.2 Å². The van der Waals surface area contributed by atoms with Gasteiger partial charge in [-0.25, -0.2) is 8.42 Å². The van der Waals surface area contributed by atoms with E-state index in [-0.39, 0.29) is 23.5 Å². The van der Waals surface area contributed by atoms with Crippen molar-refractivity contribution in [2.45, 2.75) is 70.7 Å². The van der Waals surface area contributed by atoms with Crippen molar-refractivity contribution in [1.29, 1.82) is 0 Å². The zero-order chi connectivity index (χ0) is 20.2. The average molecular weight is 392 g/mol. The number of Topliss-reactive ketones (excluding diaryl/α,β-unsaturated/α-hetero) is 1. The van der Waals surface area contributed by atoms with Crippen LogP contribution < -0.4 is 0 Å². The average Bonchev–Trinajstić information content (AvgIpc) is 2.44. The van der Waals surface area contributed by atoms with E-state index in [0.717, 1.165) is 6.07 Å². The molecule has 7 heteroatoms. The first-order valence-electron chi connectivity index (χ1n) is 8.65. The summed E-state index contributed by atoms with van der Waals surface area (Å²) in [6, 6.07) is 3.75. The predicted molar refractivity (Wildman–Crippen MR) is 96.9 cm³/mol. The highest BCUT2D eigenvalue weighted by molar-refractivity contribution is 7.92. The van der Waals surface area contributed by atoms with Gasteiger partial charge in [0.2, 0.25) is 0 Å². The Morgan fingerprint density at radius 1 is 1.04 bits per heavy atom. The summed E-state index contributed by atoms with van der Waals surface area (Å²) in [7, 11) is -3.14. The highest BCUT2D eigenvalue weighted by Crippen LogP contribution is 2.32. The number of halogens is 3. The summed E-state index contributed by atoms with van der Waals surface area (Å²) in [6.07, 6.45) is -2.27. The molecule has 0 aromatic heterocycles. The van der Waals surface area contributed by atoms with Gasteiger partial charge in [0.25, 0.3) is 0 Å². The fourth-order valence-corrected chi connectivity index (χ4v) is 3.76. The third-order valence-electron chi connectivity index (χ3n) is 4.30. The molecule has 3 nitrogen and oxygen atoms in total. The fourth-order valence-electron chi connectivity index (χ4n) is 2.57. The Balaban J connectivity index is 2.43. The van der Waals surface area contributed by atoms with Crippen LogP contribution in [-0.2, 0) is 27.2 Å². The van der Waals surface area contributed by atoms with Gasteiger partial charge in [0, 0.05) is 12.8 Å². The van der Waals surface area contributed by atoms with Crippen molar-refractivity contribution in [2.75, 3.05) is 5.75 Å². The van der Waals surface area contributed by atoms with Crippen molar-refractivity contribution in [2.24, 2.45) is 0 Å². The van der Waals surface area contributed by atoms with Crippen LogP contribution in [0.2, 0.25) is 0 Å². The number of rotatable bonds is 8. The first-order chi connectivity index (χ1) is 11.7. The molecule has 0 aliphatic heterocycles. The monoisotopic (exact) mass is 392 g/mol. The topological polar surface area (TPSA) is 51.2 Å². The number of carbonyl (C=O) groups is 1. The molecule has 1 rings (SSSR count). The molecule has 0 aliphatic carbocycles. The second-order valence-corrected chi connectivity index (χ2v) is 10.5. The number of hydrogen-bond acceptors (Lipinski definition) is 3. The van der Waals surface area contributed by atoms with Crippen LogP contribution >= 0.6 is 0 Å². The molecule has 0 unspecified atom stereocenters. The van der Waals surface area contributed by atoms with Gasteiger partial charge in [0.15, 0.2) is 9.84 Å². The molecule has 0 saturated carbocycles. The second kappa shape index (κ2) is 8.55. The molecule has 0 radical (unpaired) electrons. The maximum atomic E-state index is 12.7. The summed E-state index contributed by atoms with van der Waals surface area (Å²) in [4.78, 5) is 12.0. The molecule has 0 fully saturated rings. The Bertz CT molecular complexity index is 729. The third kappa shape index (κ3) is 6.74. The summed E-state index contributed by atoms with van der Waals surface area (Å²) >= 11 is 0. The van der Waals surface area contributed by atoms with Crippen LogP contribution in [0.3, 0.4) is 0 Å². The molecule has 1 aromatic carbocycles. The maximum Gasteiger partial charge on any atom is 0.416 e. The second-order valence-electron chi connectivity index (χ2n) is 7.60. The number of sulfone groups is 1. The third-order valence-corrected chi connectivity index (χ3v) is 6.99. The van der Waals surface area contributed by atoms with Gasteiger partial charge in [-0.1, -0.05) is 18.6 Å². The Labute approximate surface area is 153 Å². The van der Waals surface area contributed by atoms with Gasteiger partial charge in [-0.05, 0) is 57.7 Å². The molecule has 1 aromatic rings. The van der Waals surface area contributed by atoms with Gasteiger partial charge in [-0.15, -0.1) is 0 Å². The smallest absolute Gasteiger partial charge is 0.299 e. The summed E-state index contributed by atoms with van der Waals surface area (Å²) in [5.74, 6) is 0.0471. The summed E-state index contributed by atoms with van der Waals surface area (Å²) in [6.45, 7) is 6.38. The zero-order valence-electron chi connectivity index (χ0n) is 15.7. The summed E-state index contributed by atoms with van der Waals surface area (Å²) in [5.41, 5.74) is -0.0141. The SMILES string of the molecule is Cc1cc(CC(=O)CCCCCS(=O)(=O)C(C)(C)C)ccc1C(F)(F)F. The van der Waals surface area contributed by atoms with E-state index in [1.165, 1.54) is 19.1 Å². The van der Waals surface area contributed by atoms with Crippen LogP contribution in [-0.4, -0.2) is 24.7 Å². The lowest BCUT2D eigenvalue weighted by Gasteiger charge is -2.18. The van der Waals surface area contributed by atoms with E-state index in [2.05, 4.69) is 0 Å². The van der Waals surface area contributed by atoms with Crippen LogP contribution in [0.25, 0.3) is 0 Å². The molecule has 0 spiro atoms. The van der Waals surface area contributed by atoms with Crippen LogP contribution in [0.5, 0.6) is 0 Å². The Hall–Kier alpha value is -1.37. The molecule has 0 bridgehead atoms. The number of aryl methyl sites for hydroxylation is 1. The zero-order valence-corrected chi connectivity index (χ0v) is 16.6. The van der Waals surface area contributed by atoms with Crippen molar-refractivity contribution in [3.63, 3.8) is 0 Å². The number of hydrogen-bond donors (Lipinski definition) is 0. The number of unbranched alkanes of at least 4 members (excludes halogenated alkanes) is 2. The van der Waals surface area contributed by atoms with Crippen LogP contribution in [0, 0.1) is 6.92 Å². The highest BCUT2D eigenvalue weighted by Gasteiger charge is 2.32. The van der Waals surface area contributed by atoms with Crippen molar-refractivity contribution >= 4 is 15.6 Å². The Morgan fingerprint density at radius 2 is 1.65 bits per heavy atom. The van der Waals surface area contributed by atoms with E-state index >= 15 is 0 Å². The number of ketones is 1. The quantitative estimate of drug-likeness (QED) is 0.591. The minimum absolute atomic E-state index is 0.0529. The minimum Gasteiger partial charge on any atom is -0.299 e. The number of benzene rings is 1. The van der Waals surface area contributed by atoms with E-state index in [1.54, 1.807) is 20.8 Å². The largest absolute Gasteiger partial charge is 0.416 e. The maximum absolute atomic E-state index is 12.7. The van der Waals surface area contributed by atoms with E-state index in [9.17, 15) is 26.4 Å². The van der Waals surface area contributed by atoms with Crippen LogP contribution in [0.4, 0.5) is 13.2 Å². The van der Waals surface area contributed by atoms with E-state index in [0.29, 0.717) is 31.2 Å². The van der Waals surface area contributed by atoms with Gasteiger partial charge >= 0.3 is 6.18 Å². The number of carbonyl (C=O) groups excluding carboxylic acids is 1. The first-order valence-corrected chi connectivity index (χ1v) is 10.3. The molecule has 26 heavy (non-hydrogen) atoms. The van der Waals surface area contributed by atoms with Crippen molar-refractivity contribution in [3.8, 4) is 0 Å². The molecule has 148 valence electrons. The Kier molecular flexibility index (Phi) is 7.45. The molecule has 0 heterocycles. The standard InChI is InChI=1S/C19H27F3O3S/c1-14-12-15(9-10-17(14)19(20,21)22)13-16(23)8-6-5-7-11-26(24,25)18(2,3)4/h9-10,12H,5-8,11,13H2,1-4H3. The van der Waals surface area contributed by atoms with Gasteiger partial charge < -0.3 is 0 Å². The molecule has 0 amide bonds. The lowest BCUT2D eigenvalue weighted by molar-refractivity contribution is -0.138. The van der Waals surface area contributed by atoms with Crippen molar-refractivity contribution in [1.82, 2.24) is 0 Å². The molecule has 0 N–H and O–H groups in total. The van der Waals surface area contributed by atoms with Gasteiger partial charge in [-0.3, -0.25) is 4.79 Å². The van der Waals surface area contributed by atoms with Crippen LogP contribution in [0.1, 0.15) is 63.1 Å². The van der Waals surface area contributed by atoms with Gasteiger partial charge in [0.1, 0.15) is 5.78 Å². The van der Waals surface area contributed by atoms with E-state index in [1.807, 2.05) is 0 Å². The fraction of sp³-hybridized carbons (Fsp3) is 0.632. The van der Waals surface area contributed by atoms with Crippen molar-refractivity contribution < 1.29 is 26.4 Å². The van der Waals surface area contributed by atoms with E-state index < -0.39 is 26.3 Å². The molecule has 0 aliphatic rings. The molecule has 0 atom stereocenters. The summed E-state index contributed by atoms with van der Waals surface area (Å²) < 4.78 is 61.4. The minimum atomic E-state index is -4.39. The Morgan fingerprint density at radius 3 is 2.15 bits per heavy atom. The normalized spacial score (nSPS) is 13.0.